The highest BCUT2D eigenvalue weighted by Gasteiger charge is 2.26. The van der Waals surface area contributed by atoms with Crippen molar-refractivity contribution in [3.8, 4) is 0 Å². The van der Waals surface area contributed by atoms with Gasteiger partial charge in [0.2, 0.25) is 0 Å². The van der Waals surface area contributed by atoms with Gasteiger partial charge in [0.25, 0.3) is 0 Å². The Balaban J connectivity index is 2.24. The molecule has 1 fully saturated rings. The van der Waals surface area contributed by atoms with Crippen LogP contribution in [0.4, 0.5) is 0 Å². The zero-order valence-corrected chi connectivity index (χ0v) is 11.0. The first kappa shape index (κ1) is 12.5. The zero-order valence-electron chi connectivity index (χ0n) is 10.2. The largest absolute Gasteiger partial charge is 0.384 e. The molecular weight excluding hydrogens is 232 g/mol. The van der Waals surface area contributed by atoms with E-state index in [1.54, 1.807) is 11.8 Å². The first-order valence-electron chi connectivity index (χ1n) is 5.81. The standard InChI is InChI=1S/C13H18N2OS/c1-8-3-4-10(13(14)15)12(7-8)17-11-5-6-16-9(11)2/h3-4,7,9,11H,5-6H2,1-2H3,(H3,14,15). The molecule has 0 aromatic heterocycles. The monoisotopic (exact) mass is 250 g/mol. The maximum absolute atomic E-state index is 7.60. The molecule has 0 saturated carbocycles. The third kappa shape index (κ3) is 2.82. The van der Waals surface area contributed by atoms with Gasteiger partial charge < -0.3 is 10.5 Å². The van der Waals surface area contributed by atoms with Gasteiger partial charge in [0.1, 0.15) is 5.84 Å². The number of aryl methyl sites for hydroxylation is 1. The molecule has 92 valence electrons. The Bertz CT molecular complexity index is 433. The van der Waals surface area contributed by atoms with Crippen molar-refractivity contribution in [1.29, 1.82) is 5.41 Å². The number of hydrogen-bond acceptors (Lipinski definition) is 3. The van der Waals surface area contributed by atoms with E-state index in [1.165, 1.54) is 5.56 Å². The molecule has 1 saturated heterocycles. The lowest BCUT2D eigenvalue weighted by Crippen LogP contribution is -2.16. The van der Waals surface area contributed by atoms with Crippen molar-refractivity contribution in [1.82, 2.24) is 0 Å². The molecule has 0 aliphatic carbocycles. The van der Waals surface area contributed by atoms with Gasteiger partial charge in [0.15, 0.2) is 0 Å². The highest BCUT2D eigenvalue weighted by molar-refractivity contribution is 8.00. The van der Waals surface area contributed by atoms with E-state index in [2.05, 4.69) is 19.9 Å². The molecule has 1 aliphatic heterocycles. The van der Waals surface area contributed by atoms with E-state index < -0.39 is 0 Å². The SMILES string of the molecule is Cc1ccc(C(=N)N)c(SC2CCOC2C)c1. The summed E-state index contributed by atoms with van der Waals surface area (Å²) in [6.45, 7) is 5.00. The lowest BCUT2D eigenvalue weighted by Gasteiger charge is -2.16. The molecule has 3 nitrogen and oxygen atoms in total. The lowest BCUT2D eigenvalue weighted by atomic mass is 10.1. The van der Waals surface area contributed by atoms with Crippen molar-refractivity contribution in [3.63, 3.8) is 0 Å². The summed E-state index contributed by atoms with van der Waals surface area (Å²) >= 11 is 1.78. The Morgan fingerprint density at radius 3 is 2.88 bits per heavy atom. The van der Waals surface area contributed by atoms with Crippen molar-refractivity contribution < 1.29 is 4.74 Å². The summed E-state index contributed by atoms with van der Waals surface area (Å²) in [4.78, 5) is 1.10. The van der Waals surface area contributed by atoms with Gasteiger partial charge in [0.05, 0.1) is 6.10 Å². The maximum Gasteiger partial charge on any atom is 0.123 e. The molecule has 0 radical (unpaired) electrons. The Labute approximate surface area is 106 Å². The third-order valence-corrected chi connectivity index (χ3v) is 4.53. The zero-order chi connectivity index (χ0) is 12.4. The van der Waals surface area contributed by atoms with Crippen LogP contribution in [0.5, 0.6) is 0 Å². The van der Waals surface area contributed by atoms with Gasteiger partial charge in [-0.3, -0.25) is 5.41 Å². The van der Waals surface area contributed by atoms with E-state index in [0.717, 1.165) is 23.5 Å². The number of rotatable bonds is 3. The second kappa shape index (κ2) is 5.10. The molecule has 1 heterocycles. The number of amidine groups is 1. The summed E-state index contributed by atoms with van der Waals surface area (Å²) < 4.78 is 5.56. The van der Waals surface area contributed by atoms with Crippen LogP contribution in [0.1, 0.15) is 24.5 Å². The van der Waals surface area contributed by atoms with Crippen LogP contribution in [-0.4, -0.2) is 23.8 Å². The van der Waals surface area contributed by atoms with E-state index in [0.29, 0.717) is 5.25 Å². The Morgan fingerprint density at radius 2 is 2.29 bits per heavy atom. The quantitative estimate of drug-likeness (QED) is 0.640. The number of nitrogens with two attached hydrogens (primary N) is 1. The number of benzene rings is 1. The first-order valence-corrected chi connectivity index (χ1v) is 6.69. The van der Waals surface area contributed by atoms with Gasteiger partial charge in [0, 0.05) is 22.3 Å². The summed E-state index contributed by atoms with van der Waals surface area (Å²) in [7, 11) is 0. The fourth-order valence-electron chi connectivity index (χ4n) is 1.98. The van der Waals surface area contributed by atoms with Crippen molar-refractivity contribution >= 4 is 17.6 Å². The Kier molecular flexibility index (Phi) is 3.74. The molecule has 0 amide bonds. The minimum atomic E-state index is 0.138. The molecule has 3 N–H and O–H groups in total. The molecule has 17 heavy (non-hydrogen) atoms. The van der Waals surface area contributed by atoms with Gasteiger partial charge in [-0.15, -0.1) is 11.8 Å². The van der Waals surface area contributed by atoms with Crippen LogP contribution in [0.15, 0.2) is 23.1 Å². The van der Waals surface area contributed by atoms with Crippen LogP contribution in [-0.2, 0) is 4.74 Å². The van der Waals surface area contributed by atoms with Crippen LogP contribution < -0.4 is 5.73 Å². The molecule has 4 heteroatoms. The average molecular weight is 250 g/mol. The van der Waals surface area contributed by atoms with Crippen LogP contribution in [0.2, 0.25) is 0 Å². The normalized spacial score (nSPS) is 23.9. The number of nitrogens with one attached hydrogen (secondary N) is 1. The topological polar surface area (TPSA) is 59.1 Å². The van der Waals surface area contributed by atoms with E-state index in [-0.39, 0.29) is 11.9 Å². The van der Waals surface area contributed by atoms with E-state index in [1.807, 2.05) is 12.1 Å². The molecule has 0 spiro atoms. The maximum atomic E-state index is 7.60. The summed E-state index contributed by atoms with van der Waals surface area (Å²) in [5.41, 5.74) is 7.64. The molecule has 0 bridgehead atoms. The fraction of sp³-hybridized carbons (Fsp3) is 0.462. The number of hydrogen-bond donors (Lipinski definition) is 2. The van der Waals surface area contributed by atoms with E-state index in [4.69, 9.17) is 15.9 Å². The summed E-state index contributed by atoms with van der Waals surface area (Å²) in [6, 6.07) is 6.03. The molecule has 2 rings (SSSR count). The summed E-state index contributed by atoms with van der Waals surface area (Å²) in [6.07, 6.45) is 1.34. The molecule has 2 unspecified atom stereocenters. The second-order valence-electron chi connectivity index (χ2n) is 4.43. The number of nitrogen functional groups attached to an aromatic ring is 1. The number of ether oxygens (including phenoxy) is 1. The van der Waals surface area contributed by atoms with Gasteiger partial charge >= 0.3 is 0 Å². The molecule has 1 aromatic carbocycles. The first-order chi connectivity index (χ1) is 8.08. The third-order valence-electron chi connectivity index (χ3n) is 3.01. The van der Waals surface area contributed by atoms with E-state index >= 15 is 0 Å². The average Bonchev–Trinajstić information content (AvgIpc) is 2.64. The molecule has 1 aromatic rings. The van der Waals surface area contributed by atoms with Gasteiger partial charge in [-0.25, -0.2) is 0 Å². The van der Waals surface area contributed by atoms with Gasteiger partial charge in [-0.2, -0.15) is 0 Å². The molecular formula is C13H18N2OS. The van der Waals surface area contributed by atoms with Crippen LogP contribution >= 0.6 is 11.8 Å². The van der Waals surface area contributed by atoms with Crippen LogP contribution in [0.25, 0.3) is 0 Å². The predicted octanol–water partition coefficient (Wildman–Crippen LogP) is 2.55. The van der Waals surface area contributed by atoms with Crippen molar-refractivity contribution in [2.75, 3.05) is 6.61 Å². The Hall–Kier alpha value is -1.00. The molecule has 2 atom stereocenters. The lowest BCUT2D eigenvalue weighted by molar-refractivity contribution is 0.127. The summed E-state index contributed by atoms with van der Waals surface area (Å²) in [5.74, 6) is 0.138. The minimum absolute atomic E-state index is 0.138. The molecule has 1 aliphatic rings. The summed E-state index contributed by atoms with van der Waals surface area (Å²) in [5, 5.41) is 8.07. The van der Waals surface area contributed by atoms with Crippen LogP contribution in [0.3, 0.4) is 0 Å². The highest BCUT2D eigenvalue weighted by Crippen LogP contribution is 2.34. The highest BCUT2D eigenvalue weighted by atomic mass is 32.2. The predicted molar refractivity (Wildman–Crippen MR) is 71.9 cm³/mol. The van der Waals surface area contributed by atoms with Gasteiger partial charge in [-0.05, 0) is 38.0 Å². The number of thioether (sulfide) groups is 1. The van der Waals surface area contributed by atoms with Crippen molar-refractivity contribution in [2.24, 2.45) is 5.73 Å². The van der Waals surface area contributed by atoms with Crippen LogP contribution in [0, 0.1) is 12.3 Å². The van der Waals surface area contributed by atoms with Gasteiger partial charge in [-0.1, -0.05) is 6.07 Å². The smallest absolute Gasteiger partial charge is 0.123 e. The van der Waals surface area contributed by atoms with E-state index in [9.17, 15) is 0 Å². The fourth-order valence-corrected chi connectivity index (χ4v) is 3.35. The Morgan fingerprint density at radius 1 is 1.53 bits per heavy atom. The second-order valence-corrected chi connectivity index (χ2v) is 5.72. The minimum Gasteiger partial charge on any atom is -0.384 e. The van der Waals surface area contributed by atoms with Crippen molar-refractivity contribution in [2.45, 2.75) is 36.5 Å². The van der Waals surface area contributed by atoms with Crippen molar-refractivity contribution in [3.05, 3.63) is 29.3 Å².